The molecule has 1 amide bonds. The first-order valence-corrected chi connectivity index (χ1v) is 8.51. The van der Waals surface area contributed by atoms with Crippen molar-refractivity contribution in [2.75, 3.05) is 6.54 Å². The Morgan fingerprint density at radius 1 is 1.26 bits per heavy atom. The normalized spacial score (nSPS) is 22.3. The van der Waals surface area contributed by atoms with Crippen LogP contribution in [0.15, 0.2) is 30.3 Å². The first-order valence-electron chi connectivity index (χ1n) is 8.51. The predicted octanol–water partition coefficient (Wildman–Crippen LogP) is 2.57. The Morgan fingerprint density at radius 2 is 1.96 bits per heavy atom. The van der Waals surface area contributed by atoms with Gasteiger partial charge in [-0.1, -0.05) is 30.3 Å². The number of carbonyl (C=O) groups is 1. The topological polar surface area (TPSA) is 84.6 Å². The fraction of sp³-hybridized carbons (Fsp3) is 0.611. The van der Waals surface area contributed by atoms with E-state index < -0.39 is 6.09 Å². The molecule has 23 heavy (non-hydrogen) atoms. The van der Waals surface area contributed by atoms with E-state index in [0.29, 0.717) is 12.5 Å². The van der Waals surface area contributed by atoms with Gasteiger partial charge in [-0.3, -0.25) is 0 Å². The van der Waals surface area contributed by atoms with E-state index in [2.05, 4.69) is 5.32 Å². The second-order valence-corrected chi connectivity index (χ2v) is 6.45. The van der Waals surface area contributed by atoms with E-state index >= 15 is 0 Å². The number of alkyl carbamates (subject to hydrolysis) is 1. The Labute approximate surface area is 138 Å². The lowest BCUT2D eigenvalue weighted by atomic mass is 9.83. The van der Waals surface area contributed by atoms with E-state index in [1.54, 1.807) is 0 Å². The van der Waals surface area contributed by atoms with E-state index in [-0.39, 0.29) is 18.8 Å². The van der Waals surface area contributed by atoms with Crippen LogP contribution in [0.1, 0.15) is 44.1 Å². The number of ether oxygens (including phenoxy) is 1. The van der Waals surface area contributed by atoms with Gasteiger partial charge in [-0.2, -0.15) is 0 Å². The minimum absolute atomic E-state index is 0.0877. The minimum Gasteiger partial charge on any atom is -0.445 e. The van der Waals surface area contributed by atoms with E-state index in [1.165, 1.54) is 0 Å². The molecule has 0 heterocycles. The maximum absolute atomic E-state index is 11.6. The number of rotatable bonds is 7. The number of amides is 1. The fourth-order valence-corrected chi connectivity index (χ4v) is 3.06. The highest BCUT2D eigenvalue weighted by molar-refractivity contribution is 5.67. The molecule has 2 rings (SSSR count). The van der Waals surface area contributed by atoms with Crippen molar-refractivity contribution in [3.05, 3.63) is 35.9 Å². The second-order valence-electron chi connectivity index (χ2n) is 6.45. The average molecular weight is 320 g/mol. The summed E-state index contributed by atoms with van der Waals surface area (Å²) < 4.78 is 5.15. The Kier molecular flexibility index (Phi) is 7.36. The molecule has 1 saturated carbocycles. The third-order valence-electron chi connectivity index (χ3n) is 4.45. The summed E-state index contributed by atoms with van der Waals surface area (Å²) in [5.74, 6) is 0.610. The summed E-state index contributed by atoms with van der Waals surface area (Å²) in [5.41, 5.74) is 7.11. The van der Waals surface area contributed by atoms with E-state index in [4.69, 9.17) is 10.5 Å². The number of nitrogens with one attached hydrogen (secondary N) is 1. The maximum Gasteiger partial charge on any atom is 0.407 e. The number of carbonyl (C=O) groups excluding carboxylic acids is 1. The van der Waals surface area contributed by atoms with Gasteiger partial charge in [0.25, 0.3) is 0 Å². The number of aliphatic hydroxyl groups excluding tert-OH is 1. The third-order valence-corrected chi connectivity index (χ3v) is 4.45. The van der Waals surface area contributed by atoms with Crippen LogP contribution < -0.4 is 11.1 Å². The third kappa shape index (κ3) is 7.01. The van der Waals surface area contributed by atoms with Crippen molar-refractivity contribution in [3.8, 4) is 0 Å². The zero-order valence-corrected chi connectivity index (χ0v) is 13.6. The van der Waals surface area contributed by atoms with Gasteiger partial charge >= 0.3 is 6.09 Å². The monoisotopic (exact) mass is 320 g/mol. The van der Waals surface area contributed by atoms with Gasteiger partial charge in [0.05, 0.1) is 6.10 Å². The van der Waals surface area contributed by atoms with Gasteiger partial charge in [0.1, 0.15) is 6.61 Å². The van der Waals surface area contributed by atoms with Crippen molar-refractivity contribution in [1.29, 1.82) is 0 Å². The highest BCUT2D eigenvalue weighted by Gasteiger charge is 2.21. The first-order chi connectivity index (χ1) is 11.1. The smallest absolute Gasteiger partial charge is 0.407 e. The summed E-state index contributed by atoms with van der Waals surface area (Å²) in [5, 5.41) is 12.3. The summed E-state index contributed by atoms with van der Waals surface area (Å²) in [6.07, 6.45) is 5.09. The van der Waals surface area contributed by atoms with E-state index in [9.17, 15) is 9.90 Å². The molecule has 0 unspecified atom stereocenters. The highest BCUT2D eigenvalue weighted by atomic mass is 16.5. The van der Waals surface area contributed by atoms with Gasteiger partial charge in [0.15, 0.2) is 0 Å². The summed E-state index contributed by atoms with van der Waals surface area (Å²) in [6.45, 7) is 0.813. The summed E-state index contributed by atoms with van der Waals surface area (Å²) >= 11 is 0. The molecule has 1 aromatic carbocycles. The molecule has 1 aliphatic rings. The molecule has 0 aromatic heterocycles. The van der Waals surface area contributed by atoms with Crippen LogP contribution in [0.4, 0.5) is 4.79 Å². The molecule has 1 aromatic rings. The van der Waals surface area contributed by atoms with Crippen molar-refractivity contribution < 1.29 is 14.6 Å². The summed E-state index contributed by atoms with van der Waals surface area (Å²) in [4.78, 5) is 11.6. The second kappa shape index (κ2) is 9.53. The Hall–Kier alpha value is -1.59. The molecule has 0 radical (unpaired) electrons. The number of hydrogen-bond donors (Lipinski definition) is 3. The Morgan fingerprint density at radius 3 is 2.65 bits per heavy atom. The van der Waals surface area contributed by atoms with Crippen molar-refractivity contribution in [2.45, 2.75) is 57.3 Å². The van der Waals surface area contributed by atoms with Gasteiger partial charge in [0, 0.05) is 12.6 Å². The summed E-state index contributed by atoms with van der Waals surface area (Å²) in [6, 6.07) is 9.69. The zero-order chi connectivity index (χ0) is 16.5. The van der Waals surface area contributed by atoms with Crippen LogP contribution in [0.5, 0.6) is 0 Å². The quantitative estimate of drug-likeness (QED) is 0.721. The zero-order valence-electron chi connectivity index (χ0n) is 13.6. The van der Waals surface area contributed by atoms with Crippen LogP contribution in [-0.4, -0.2) is 29.9 Å². The molecule has 0 saturated heterocycles. The fourth-order valence-electron chi connectivity index (χ4n) is 3.06. The van der Waals surface area contributed by atoms with Crippen LogP contribution in [0.3, 0.4) is 0 Å². The van der Waals surface area contributed by atoms with Crippen LogP contribution in [0, 0.1) is 5.92 Å². The largest absolute Gasteiger partial charge is 0.445 e. The predicted molar refractivity (Wildman–Crippen MR) is 89.8 cm³/mol. The molecule has 0 aliphatic heterocycles. The molecule has 4 N–H and O–H groups in total. The van der Waals surface area contributed by atoms with E-state index in [1.807, 2.05) is 30.3 Å². The maximum atomic E-state index is 11.6. The lowest BCUT2D eigenvalue weighted by Crippen LogP contribution is -2.32. The lowest BCUT2D eigenvalue weighted by molar-refractivity contribution is 0.104. The molecule has 5 nitrogen and oxygen atoms in total. The number of benzene rings is 1. The van der Waals surface area contributed by atoms with Gasteiger partial charge in [0.2, 0.25) is 0 Å². The SMILES string of the molecule is N[C@H](CCNC(=O)OCc1ccccc1)CC1CCC(O)CC1. The molecule has 128 valence electrons. The van der Waals surface area contributed by atoms with Crippen LogP contribution >= 0.6 is 0 Å². The molecule has 1 fully saturated rings. The van der Waals surface area contributed by atoms with Gasteiger partial charge in [-0.05, 0) is 50.0 Å². The molecule has 5 heteroatoms. The van der Waals surface area contributed by atoms with E-state index in [0.717, 1.165) is 44.1 Å². The molecule has 0 spiro atoms. The molecular weight excluding hydrogens is 292 g/mol. The Balaban J connectivity index is 1.54. The van der Waals surface area contributed by atoms with Crippen molar-refractivity contribution in [3.63, 3.8) is 0 Å². The van der Waals surface area contributed by atoms with Crippen LogP contribution in [-0.2, 0) is 11.3 Å². The van der Waals surface area contributed by atoms with Crippen molar-refractivity contribution in [2.24, 2.45) is 11.7 Å². The summed E-state index contributed by atoms with van der Waals surface area (Å²) in [7, 11) is 0. The van der Waals surface area contributed by atoms with Crippen LogP contribution in [0.2, 0.25) is 0 Å². The van der Waals surface area contributed by atoms with Gasteiger partial charge < -0.3 is 20.9 Å². The first kappa shape index (κ1) is 17.8. The molecular formula is C18H28N2O3. The number of nitrogens with two attached hydrogens (primary N) is 1. The van der Waals surface area contributed by atoms with Gasteiger partial charge in [-0.15, -0.1) is 0 Å². The van der Waals surface area contributed by atoms with Gasteiger partial charge in [-0.25, -0.2) is 4.79 Å². The molecule has 0 bridgehead atoms. The molecule has 1 aliphatic carbocycles. The Bertz CT molecular complexity index is 459. The van der Waals surface area contributed by atoms with Crippen LogP contribution in [0.25, 0.3) is 0 Å². The highest BCUT2D eigenvalue weighted by Crippen LogP contribution is 2.27. The standard InChI is InChI=1S/C18H28N2O3/c19-16(12-14-6-8-17(21)9-7-14)10-11-20-18(22)23-13-15-4-2-1-3-5-15/h1-5,14,16-17,21H,6-13,19H2,(H,20,22)/t14?,16-,17?/m1/s1. The molecule has 1 atom stereocenters. The number of aliphatic hydroxyl groups is 1. The van der Waals surface area contributed by atoms with Crippen molar-refractivity contribution >= 4 is 6.09 Å². The number of hydrogen-bond acceptors (Lipinski definition) is 4. The average Bonchev–Trinajstić information content (AvgIpc) is 2.56. The minimum atomic E-state index is -0.401. The van der Waals surface area contributed by atoms with Crippen molar-refractivity contribution in [1.82, 2.24) is 5.32 Å². The lowest BCUT2D eigenvalue weighted by Gasteiger charge is -2.27.